The van der Waals surface area contributed by atoms with Gasteiger partial charge in [0.1, 0.15) is 5.71 Å². The summed E-state index contributed by atoms with van der Waals surface area (Å²) < 4.78 is 51.5. The summed E-state index contributed by atoms with van der Waals surface area (Å²) in [7, 11) is 0. The third-order valence-corrected chi connectivity index (χ3v) is 3.58. The second-order valence-electron chi connectivity index (χ2n) is 5.16. The lowest BCUT2D eigenvalue weighted by molar-refractivity contribution is -0.164. The van der Waals surface area contributed by atoms with Crippen molar-refractivity contribution >= 4 is 11.6 Å². The molecular weight excluding hydrogens is 304 g/mol. The number of hydrazone groups is 1. The molecular formula is C14H14F4N2O2. The lowest BCUT2D eigenvalue weighted by Crippen LogP contribution is -2.51. The van der Waals surface area contributed by atoms with E-state index in [0.29, 0.717) is 0 Å². The highest BCUT2D eigenvalue weighted by Gasteiger charge is 2.53. The Morgan fingerprint density at radius 2 is 1.91 bits per heavy atom. The van der Waals surface area contributed by atoms with E-state index < -0.39 is 36.6 Å². The van der Waals surface area contributed by atoms with Gasteiger partial charge in [-0.2, -0.15) is 10.1 Å². The van der Waals surface area contributed by atoms with Crippen LogP contribution >= 0.6 is 0 Å². The monoisotopic (exact) mass is 318 g/mol. The maximum absolute atomic E-state index is 13.1. The first-order valence-corrected chi connectivity index (χ1v) is 6.44. The molecule has 1 aliphatic rings. The summed E-state index contributed by atoms with van der Waals surface area (Å²) in [4.78, 5) is 12.3. The molecule has 2 rings (SSSR count). The van der Waals surface area contributed by atoms with Gasteiger partial charge in [-0.05, 0) is 37.1 Å². The molecule has 0 saturated carbocycles. The summed E-state index contributed by atoms with van der Waals surface area (Å²) in [6, 6.07) is 4.39. The Labute approximate surface area is 124 Å². The molecule has 1 aliphatic heterocycles. The number of hydrogen-bond donors (Lipinski definition) is 1. The van der Waals surface area contributed by atoms with Crippen molar-refractivity contribution in [2.45, 2.75) is 38.8 Å². The first kappa shape index (κ1) is 16.4. The lowest BCUT2D eigenvalue weighted by Gasteiger charge is -2.30. The van der Waals surface area contributed by atoms with E-state index in [1.807, 2.05) is 0 Å². The van der Waals surface area contributed by atoms with E-state index in [9.17, 15) is 27.5 Å². The largest absolute Gasteiger partial charge is 0.364 e. The number of hydrogen-bond acceptors (Lipinski definition) is 3. The Bertz CT molecular complexity index is 633. The molecule has 0 saturated heterocycles. The zero-order valence-electron chi connectivity index (χ0n) is 11.9. The van der Waals surface area contributed by atoms with Gasteiger partial charge >= 0.3 is 0 Å². The molecule has 1 amide bonds. The van der Waals surface area contributed by atoms with Crippen LogP contribution in [0.4, 0.5) is 17.6 Å². The Hall–Kier alpha value is -1.96. The van der Waals surface area contributed by atoms with Crippen molar-refractivity contribution in [2.24, 2.45) is 5.10 Å². The minimum absolute atomic E-state index is 0.0126. The number of halogens is 4. The first-order chi connectivity index (χ1) is 10.2. The third-order valence-electron chi connectivity index (χ3n) is 3.58. The molecule has 1 N–H and O–H groups in total. The van der Waals surface area contributed by atoms with Gasteiger partial charge in [0, 0.05) is 12.0 Å². The molecule has 0 aliphatic carbocycles. The molecule has 0 fully saturated rings. The highest BCUT2D eigenvalue weighted by Crippen LogP contribution is 2.34. The number of rotatable bonds is 3. The van der Waals surface area contributed by atoms with Crippen molar-refractivity contribution in [3.05, 3.63) is 34.9 Å². The molecule has 1 aromatic rings. The molecule has 0 spiro atoms. The summed E-state index contributed by atoms with van der Waals surface area (Å²) >= 11 is 0. The van der Waals surface area contributed by atoms with Crippen LogP contribution in [0.15, 0.2) is 23.3 Å². The summed E-state index contributed by atoms with van der Waals surface area (Å²) in [5.41, 5.74) is -2.41. The normalized spacial score (nSPS) is 21.7. The van der Waals surface area contributed by atoms with Crippen LogP contribution in [0.25, 0.3) is 0 Å². The van der Waals surface area contributed by atoms with Crippen LogP contribution in [-0.4, -0.2) is 40.3 Å². The van der Waals surface area contributed by atoms with E-state index >= 15 is 0 Å². The highest BCUT2D eigenvalue weighted by molar-refractivity contribution is 5.99. The Morgan fingerprint density at radius 3 is 2.41 bits per heavy atom. The molecule has 0 aromatic heterocycles. The molecule has 0 unspecified atom stereocenters. The maximum Gasteiger partial charge on any atom is 0.287 e. The summed E-state index contributed by atoms with van der Waals surface area (Å²) in [5.74, 6) is -1.05. The highest BCUT2D eigenvalue weighted by atomic mass is 19.3. The number of amides is 1. The van der Waals surface area contributed by atoms with Gasteiger partial charge in [0.2, 0.25) is 5.72 Å². The maximum atomic E-state index is 13.1. The van der Waals surface area contributed by atoms with Gasteiger partial charge < -0.3 is 5.11 Å². The summed E-state index contributed by atoms with van der Waals surface area (Å²) in [6.45, 7) is 3.51. The Morgan fingerprint density at radius 1 is 1.27 bits per heavy atom. The van der Waals surface area contributed by atoms with Gasteiger partial charge in [0.05, 0.1) is 0 Å². The Balaban J connectivity index is 2.42. The first-order valence-electron chi connectivity index (χ1n) is 6.44. The standard InChI is InChI=1S/C14H14F4N2O2/c1-7-3-4-9(5-8(7)2)12(21)20-14(22,13(17)18)6-10(19-20)11(15)16/h3-5,11,13,22H,6H2,1-2H3/t14-/m1/s1. The Kier molecular flexibility index (Phi) is 4.23. The van der Waals surface area contributed by atoms with Crippen molar-refractivity contribution in [3.8, 4) is 0 Å². The van der Waals surface area contributed by atoms with E-state index in [-0.39, 0.29) is 10.6 Å². The molecule has 8 heteroatoms. The zero-order valence-corrected chi connectivity index (χ0v) is 11.9. The van der Waals surface area contributed by atoms with Gasteiger partial charge in [0.15, 0.2) is 0 Å². The summed E-state index contributed by atoms with van der Waals surface area (Å²) in [6.07, 6.45) is -7.63. The van der Waals surface area contributed by atoms with Gasteiger partial charge in [-0.1, -0.05) is 6.07 Å². The molecule has 22 heavy (non-hydrogen) atoms. The van der Waals surface area contributed by atoms with E-state index in [2.05, 4.69) is 5.10 Å². The fraction of sp³-hybridized carbons (Fsp3) is 0.429. The minimum Gasteiger partial charge on any atom is -0.364 e. The molecule has 1 atom stereocenters. The van der Waals surface area contributed by atoms with Gasteiger partial charge in [-0.25, -0.2) is 17.6 Å². The van der Waals surface area contributed by atoms with Crippen molar-refractivity contribution in [3.63, 3.8) is 0 Å². The molecule has 1 aromatic carbocycles. The fourth-order valence-corrected chi connectivity index (χ4v) is 2.10. The van der Waals surface area contributed by atoms with Crippen LogP contribution in [0.3, 0.4) is 0 Å². The van der Waals surface area contributed by atoms with E-state index in [0.717, 1.165) is 11.1 Å². The van der Waals surface area contributed by atoms with E-state index in [1.165, 1.54) is 12.1 Å². The van der Waals surface area contributed by atoms with Crippen LogP contribution in [0.1, 0.15) is 27.9 Å². The predicted octanol–water partition coefficient (Wildman–Crippen LogP) is 2.72. The zero-order chi connectivity index (χ0) is 16.7. The van der Waals surface area contributed by atoms with Crippen LogP contribution < -0.4 is 0 Å². The van der Waals surface area contributed by atoms with Crippen molar-refractivity contribution in [2.75, 3.05) is 0 Å². The summed E-state index contributed by atoms with van der Waals surface area (Å²) in [5, 5.41) is 13.2. The van der Waals surface area contributed by atoms with Gasteiger partial charge in [0.25, 0.3) is 18.8 Å². The minimum atomic E-state index is -3.43. The molecule has 1 heterocycles. The number of aryl methyl sites for hydroxylation is 2. The van der Waals surface area contributed by atoms with Gasteiger partial charge in [-0.15, -0.1) is 0 Å². The van der Waals surface area contributed by atoms with Crippen LogP contribution in [-0.2, 0) is 0 Å². The topological polar surface area (TPSA) is 52.9 Å². The number of alkyl halides is 4. The quantitative estimate of drug-likeness (QED) is 0.871. The smallest absolute Gasteiger partial charge is 0.287 e. The number of carbonyl (C=O) groups is 1. The van der Waals surface area contributed by atoms with Crippen molar-refractivity contribution in [1.82, 2.24) is 5.01 Å². The lowest BCUT2D eigenvalue weighted by atomic mass is 10.0. The van der Waals surface area contributed by atoms with Gasteiger partial charge in [-0.3, -0.25) is 4.79 Å². The van der Waals surface area contributed by atoms with E-state index in [1.54, 1.807) is 19.9 Å². The molecule has 0 bridgehead atoms. The third kappa shape index (κ3) is 2.70. The second-order valence-corrected chi connectivity index (χ2v) is 5.16. The van der Waals surface area contributed by atoms with Crippen LogP contribution in [0.2, 0.25) is 0 Å². The van der Waals surface area contributed by atoms with Crippen LogP contribution in [0.5, 0.6) is 0 Å². The predicted molar refractivity (Wildman–Crippen MR) is 71.1 cm³/mol. The van der Waals surface area contributed by atoms with Crippen molar-refractivity contribution < 1.29 is 27.5 Å². The van der Waals surface area contributed by atoms with Crippen LogP contribution in [0, 0.1) is 13.8 Å². The second kappa shape index (κ2) is 5.68. The molecule has 4 nitrogen and oxygen atoms in total. The SMILES string of the molecule is Cc1ccc(C(=O)N2N=C(C(F)F)C[C@@]2(O)C(F)F)cc1C. The molecule has 120 valence electrons. The fourth-order valence-electron chi connectivity index (χ4n) is 2.10. The number of carbonyl (C=O) groups excluding carboxylic acids is 1. The number of benzene rings is 1. The molecule has 0 radical (unpaired) electrons. The van der Waals surface area contributed by atoms with E-state index in [4.69, 9.17) is 0 Å². The number of nitrogens with zero attached hydrogens (tertiary/aromatic N) is 2. The average molecular weight is 318 g/mol. The average Bonchev–Trinajstić information content (AvgIpc) is 2.81. The van der Waals surface area contributed by atoms with Crippen molar-refractivity contribution in [1.29, 1.82) is 0 Å². The number of aliphatic hydroxyl groups is 1.